The lowest BCUT2D eigenvalue weighted by Gasteiger charge is -2.02. The van der Waals surface area contributed by atoms with Gasteiger partial charge in [0, 0.05) is 37.7 Å². The van der Waals surface area contributed by atoms with Crippen LogP contribution in [0.25, 0.3) is 11.4 Å². The van der Waals surface area contributed by atoms with Gasteiger partial charge >= 0.3 is 0 Å². The molecule has 2 rings (SSSR count). The molecule has 2 aromatic rings. The van der Waals surface area contributed by atoms with Crippen molar-refractivity contribution in [2.75, 3.05) is 6.54 Å². The summed E-state index contributed by atoms with van der Waals surface area (Å²) in [6, 6.07) is 0. The number of nitrogens with one attached hydrogen (secondary N) is 1. The van der Waals surface area contributed by atoms with E-state index in [2.05, 4.69) is 27.3 Å². The van der Waals surface area contributed by atoms with Crippen LogP contribution >= 0.6 is 0 Å². The van der Waals surface area contributed by atoms with Gasteiger partial charge in [-0.15, -0.1) is 0 Å². The SMILES string of the molecule is CCCNCc1cn(C)nc1-c1cnccn1. The van der Waals surface area contributed by atoms with E-state index in [4.69, 9.17) is 0 Å². The first-order valence-electron chi connectivity index (χ1n) is 5.81. The van der Waals surface area contributed by atoms with Gasteiger partial charge in [0.1, 0.15) is 11.4 Å². The van der Waals surface area contributed by atoms with Gasteiger partial charge in [-0.25, -0.2) is 0 Å². The Morgan fingerprint density at radius 1 is 1.35 bits per heavy atom. The normalized spacial score (nSPS) is 10.7. The second kappa shape index (κ2) is 5.54. The molecule has 1 N–H and O–H groups in total. The lowest BCUT2D eigenvalue weighted by molar-refractivity contribution is 0.675. The van der Waals surface area contributed by atoms with Crippen molar-refractivity contribution < 1.29 is 0 Å². The maximum Gasteiger partial charge on any atom is 0.117 e. The second-order valence-corrected chi connectivity index (χ2v) is 3.94. The summed E-state index contributed by atoms with van der Waals surface area (Å²) >= 11 is 0. The van der Waals surface area contributed by atoms with Crippen LogP contribution < -0.4 is 5.32 Å². The lowest BCUT2D eigenvalue weighted by atomic mass is 10.2. The zero-order chi connectivity index (χ0) is 12.1. The highest BCUT2D eigenvalue weighted by atomic mass is 15.3. The van der Waals surface area contributed by atoms with Crippen LogP contribution in [0, 0.1) is 0 Å². The highest BCUT2D eigenvalue weighted by molar-refractivity contribution is 5.56. The van der Waals surface area contributed by atoms with Crippen LogP contribution in [0.15, 0.2) is 24.8 Å². The number of aromatic nitrogens is 4. The quantitative estimate of drug-likeness (QED) is 0.790. The minimum Gasteiger partial charge on any atom is -0.313 e. The van der Waals surface area contributed by atoms with Gasteiger partial charge in [-0.1, -0.05) is 6.92 Å². The van der Waals surface area contributed by atoms with Gasteiger partial charge in [-0.2, -0.15) is 5.10 Å². The predicted molar refractivity (Wildman–Crippen MR) is 66.2 cm³/mol. The Morgan fingerprint density at radius 2 is 2.24 bits per heavy atom. The van der Waals surface area contributed by atoms with Crippen LogP contribution in [0.2, 0.25) is 0 Å². The predicted octanol–water partition coefficient (Wildman–Crippen LogP) is 1.38. The molecule has 0 aromatic carbocycles. The highest BCUT2D eigenvalue weighted by Gasteiger charge is 2.10. The van der Waals surface area contributed by atoms with Gasteiger partial charge in [0.2, 0.25) is 0 Å². The summed E-state index contributed by atoms with van der Waals surface area (Å²) in [4.78, 5) is 8.36. The van der Waals surface area contributed by atoms with Gasteiger partial charge in [-0.3, -0.25) is 14.6 Å². The summed E-state index contributed by atoms with van der Waals surface area (Å²) in [7, 11) is 1.92. The minimum absolute atomic E-state index is 0.813. The Labute approximate surface area is 101 Å². The Balaban J connectivity index is 2.22. The Kier molecular flexibility index (Phi) is 3.82. The van der Waals surface area contributed by atoms with Crippen molar-refractivity contribution in [3.8, 4) is 11.4 Å². The molecular formula is C12H17N5. The van der Waals surface area contributed by atoms with E-state index in [1.54, 1.807) is 18.6 Å². The summed E-state index contributed by atoms with van der Waals surface area (Å²) in [5, 5.41) is 7.81. The van der Waals surface area contributed by atoms with E-state index in [0.29, 0.717) is 0 Å². The molecule has 5 heteroatoms. The summed E-state index contributed by atoms with van der Waals surface area (Å²) in [6.07, 6.45) is 8.24. The second-order valence-electron chi connectivity index (χ2n) is 3.94. The third-order valence-electron chi connectivity index (χ3n) is 2.45. The average molecular weight is 231 g/mol. The van der Waals surface area contributed by atoms with E-state index < -0.39 is 0 Å². The molecule has 0 saturated carbocycles. The molecule has 0 aliphatic rings. The standard InChI is InChI=1S/C12H17N5/c1-3-4-13-7-10-9-17(2)16-12(10)11-8-14-5-6-15-11/h5-6,8-9,13H,3-4,7H2,1-2H3. The molecule has 0 aliphatic carbocycles. The maximum absolute atomic E-state index is 4.43. The maximum atomic E-state index is 4.43. The molecular weight excluding hydrogens is 214 g/mol. The molecule has 0 saturated heterocycles. The molecule has 0 atom stereocenters. The van der Waals surface area contributed by atoms with Gasteiger partial charge in [0.05, 0.1) is 6.20 Å². The van der Waals surface area contributed by atoms with Crippen LogP contribution in [-0.4, -0.2) is 26.3 Å². The molecule has 2 aromatic heterocycles. The number of aryl methyl sites for hydroxylation is 1. The molecule has 0 fully saturated rings. The molecule has 0 unspecified atom stereocenters. The lowest BCUT2D eigenvalue weighted by Crippen LogP contribution is -2.14. The molecule has 0 spiro atoms. The van der Waals surface area contributed by atoms with Crippen LogP contribution in [0.3, 0.4) is 0 Å². The fourth-order valence-corrected chi connectivity index (χ4v) is 1.70. The largest absolute Gasteiger partial charge is 0.313 e. The van der Waals surface area contributed by atoms with Crippen molar-refractivity contribution in [1.29, 1.82) is 0 Å². The monoisotopic (exact) mass is 231 g/mol. The number of hydrogen-bond acceptors (Lipinski definition) is 4. The molecule has 17 heavy (non-hydrogen) atoms. The van der Waals surface area contributed by atoms with Crippen LogP contribution in [-0.2, 0) is 13.6 Å². The van der Waals surface area contributed by atoms with Crippen LogP contribution in [0.4, 0.5) is 0 Å². The van der Waals surface area contributed by atoms with Crippen molar-refractivity contribution in [2.45, 2.75) is 19.9 Å². The average Bonchev–Trinajstić information content (AvgIpc) is 2.72. The van der Waals surface area contributed by atoms with Gasteiger partial charge in [0.25, 0.3) is 0 Å². The molecule has 0 radical (unpaired) electrons. The van der Waals surface area contributed by atoms with Gasteiger partial charge in [0.15, 0.2) is 0 Å². The molecule has 90 valence electrons. The van der Waals surface area contributed by atoms with E-state index >= 15 is 0 Å². The van der Waals surface area contributed by atoms with E-state index in [0.717, 1.165) is 36.5 Å². The van der Waals surface area contributed by atoms with E-state index in [-0.39, 0.29) is 0 Å². The van der Waals surface area contributed by atoms with Crippen LogP contribution in [0.1, 0.15) is 18.9 Å². The topological polar surface area (TPSA) is 55.6 Å². The molecule has 0 aliphatic heterocycles. The Bertz CT molecular complexity index is 463. The zero-order valence-electron chi connectivity index (χ0n) is 10.2. The molecule has 5 nitrogen and oxygen atoms in total. The van der Waals surface area contributed by atoms with Crippen LogP contribution in [0.5, 0.6) is 0 Å². The first-order chi connectivity index (χ1) is 8.31. The van der Waals surface area contributed by atoms with E-state index in [1.807, 2.05) is 17.9 Å². The minimum atomic E-state index is 0.813. The summed E-state index contributed by atoms with van der Waals surface area (Å²) in [5.74, 6) is 0. The fraction of sp³-hybridized carbons (Fsp3) is 0.417. The number of nitrogens with zero attached hydrogens (tertiary/aromatic N) is 4. The molecule has 0 bridgehead atoms. The molecule has 0 amide bonds. The first-order valence-corrected chi connectivity index (χ1v) is 5.81. The fourth-order valence-electron chi connectivity index (χ4n) is 1.70. The van der Waals surface area contributed by atoms with E-state index in [1.165, 1.54) is 0 Å². The van der Waals surface area contributed by atoms with Crippen molar-refractivity contribution in [3.05, 3.63) is 30.4 Å². The molecule has 2 heterocycles. The zero-order valence-corrected chi connectivity index (χ0v) is 10.2. The summed E-state index contributed by atoms with van der Waals surface area (Å²) in [5.41, 5.74) is 2.88. The van der Waals surface area contributed by atoms with Gasteiger partial charge in [-0.05, 0) is 13.0 Å². The Hall–Kier alpha value is -1.75. The highest BCUT2D eigenvalue weighted by Crippen LogP contribution is 2.18. The third-order valence-corrected chi connectivity index (χ3v) is 2.45. The third kappa shape index (κ3) is 2.88. The van der Waals surface area contributed by atoms with Crippen molar-refractivity contribution >= 4 is 0 Å². The van der Waals surface area contributed by atoms with Gasteiger partial charge < -0.3 is 5.32 Å². The van der Waals surface area contributed by atoms with E-state index in [9.17, 15) is 0 Å². The smallest absolute Gasteiger partial charge is 0.117 e. The van der Waals surface area contributed by atoms with Crippen molar-refractivity contribution in [3.63, 3.8) is 0 Å². The van der Waals surface area contributed by atoms with Crippen molar-refractivity contribution in [2.24, 2.45) is 7.05 Å². The summed E-state index contributed by atoms with van der Waals surface area (Å²) < 4.78 is 1.81. The number of rotatable bonds is 5. The first kappa shape index (κ1) is 11.7. The summed E-state index contributed by atoms with van der Waals surface area (Å²) in [6.45, 7) is 3.97. The van der Waals surface area contributed by atoms with Crippen molar-refractivity contribution in [1.82, 2.24) is 25.1 Å². The number of hydrogen-bond donors (Lipinski definition) is 1. The Morgan fingerprint density at radius 3 is 2.94 bits per heavy atom.